The molecule has 2 heterocycles. The van der Waals surface area contributed by atoms with Gasteiger partial charge in [-0.2, -0.15) is 5.10 Å². The molecule has 0 spiro atoms. The molecule has 0 bridgehead atoms. The summed E-state index contributed by atoms with van der Waals surface area (Å²) in [6, 6.07) is 6.30. The van der Waals surface area contributed by atoms with Crippen LogP contribution in [0.15, 0.2) is 24.3 Å². The molecule has 1 aliphatic rings. The second kappa shape index (κ2) is 6.59. The van der Waals surface area contributed by atoms with Crippen LogP contribution >= 0.6 is 11.6 Å². The fourth-order valence-corrected chi connectivity index (χ4v) is 3.74. The summed E-state index contributed by atoms with van der Waals surface area (Å²) < 4.78 is 15.0. The maximum absolute atomic E-state index is 13.3. The third kappa shape index (κ3) is 3.27. The Morgan fingerprint density at radius 1 is 1.48 bits per heavy atom. The fourth-order valence-electron chi connectivity index (χ4n) is 3.44. The molecule has 124 valence electrons. The van der Waals surface area contributed by atoms with Gasteiger partial charge >= 0.3 is 0 Å². The van der Waals surface area contributed by atoms with Crippen LogP contribution in [-0.2, 0) is 7.05 Å². The zero-order valence-corrected chi connectivity index (χ0v) is 14.1. The molecule has 1 aliphatic heterocycles. The molecular formula is C17H21ClFN3O. The SMILES string of the molecule is Cc1nn(C)c(Cl)c1[C@@H]1CCCN1C[C@@H](O)c1cccc(F)c1. The van der Waals surface area contributed by atoms with E-state index in [-0.39, 0.29) is 11.9 Å². The molecule has 0 radical (unpaired) electrons. The minimum atomic E-state index is -0.720. The van der Waals surface area contributed by atoms with E-state index in [1.54, 1.807) is 16.8 Å². The van der Waals surface area contributed by atoms with Crippen molar-refractivity contribution in [2.75, 3.05) is 13.1 Å². The average Bonchev–Trinajstić information content (AvgIpc) is 3.04. The van der Waals surface area contributed by atoms with E-state index in [9.17, 15) is 9.50 Å². The van der Waals surface area contributed by atoms with Crippen molar-refractivity contribution in [3.8, 4) is 0 Å². The third-order valence-corrected chi connectivity index (χ3v) is 4.98. The number of aliphatic hydroxyl groups excluding tert-OH is 1. The molecule has 1 aromatic heterocycles. The Kier molecular flexibility index (Phi) is 4.71. The summed E-state index contributed by atoms with van der Waals surface area (Å²) in [7, 11) is 1.83. The summed E-state index contributed by atoms with van der Waals surface area (Å²) in [6.45, 7) is 3.31. The van der Waals surface area contributed by atoms with E-state index in [1.165, 1.54) is 12.1 Å². The number of halogens is 2. The van der Waals surface area contributed by atoms with E-state index in [0.29, 0.717) is 17.3 Å². The molecule has 0 saturated carbocycles. The molecule has 23 heavy (non-hydrogen) atoms. The highest BCUT2D eigenvalue weighted by Crippen LogP contribution is 2.38. The summed E-state index contributed by atoms with van der Waals surface area (Å²) in [4.78, 5) is 2.21. The van der Waals surface area contributed by atoms with Gasteiger partial charge in [-0.05, 0) is 44.0 Å². The van der Waals surface area contributed by atoms with Crippen LogP contribution in [0.4, 0.5) is 4.39 Å². The Balaban J connectivity index is 1.79. The Morgan fingerprint density at radius 3 is 2.91 bits per heavy atom. The Morgan fingerprint density at radius 2 is 2.26 bits per heavy atom. The molecule has 0 aliphatic carbocycles. The van der Waals surface area contributed by atoms with Gasteiger partial charge in [0.2, 0.25) is 0 Å². The molecule has 0 unspecified atom stereocenters. The van der Waals surface area contributed by atoms with Crippen molar-refractivity contribution in [2.45, 2.75) is 31.9 Å². The maximum atomic E-state index is 13.3. The van der Waals surface area contributed by atoms with Crippen LogP contribution in [-0.4, -0.2) is 32.9 Å². The number of nitrogens with zero attached hydrogens (tertiary/aromatic N) is 3. The number of aromatic nitrogens is 2. The highest BCUT2D eigenvalue weighted by molar-refractivity contribution is 6.30. The predicted octanol–water partition coefficient (Wildman–Crippen LogP) is 3.39. The van der Waals surface area contributed by atoms with Crippen molar-refractivity contribution in [2.24, 2.45) is 7.05 Å². The number of rotatable bonds is 4. The Hall–Kier alpha value is -1.43. The van der Waals surface area contributed by atoms with Crippen molar-refractivity contribution < 1.29 is 9.50 Å². The van der Waals surface area contributed by atoms with E-state index in [4.69, 9.17) is 11.6 Å². The highest BCUT2D eigenvalue weighted by Gasteiger charge is 2.32. The van der Waals surface area contributed by atoms with Gasteiger partial charge in [0.05, 0.1) is 11.8 Å². The monoisotopic (exact) mass is 337 g/mol. The zero-order chi connectivity index (χ0) is 16.6. The van der Waals surface area contributed by atoms with E-state index >= 15 is 0 Å². The van der Waals surface area contributed by atoms with Gasteiger partial charge in [-0.1, -0.05) is 23.7 Å². The molecule has 1 fully saturated rings. The highest BCUT2D eigenvalue weighted by atomic mass is 35.5. The van der Waals surface area contributed by atoms with Crippen molar-refractivity contribution in [1.82, 2.24) is 14.7 Å². The first-order valence-corrected chi connectivity index (χ1v) is 8.21. The van der Waals surface area contributed by atoms with Gasteiger partial charge in [0.1, 0.15) is 11.0 Å². The molecule has 1 aromatic carbocycles. The Bertz CT molecular complexity index is 703. The lowest BCUT2D eigenvalue weighted by Crippen LogP contribution is -2.28. The van der Waals surface area contributed by atoms with Gasteiger partial charge in [0.15, 0.2) is 0 Å². The zero-order valence-electron chi connectivity index (χ0n) is 13.3. The molecular weight excluding hydrogens is 317 g/mol. The molecule has 2 atom stereocenters. The molecule has 1 saturated heterocycles. The summed E-state index contributed by atoms with van der Waals surface area (Å²) in [5.74, 6) is -0.328. The van der Waals surface area contributed by atoms with Crippen molar-refractivity contribution in [3.63, 3.8) is 0 Å². The molecule has 4 nitrogen and oxygen atoms in total. The summed E-state index contributed by atoms with van der Waals surface area (Å²) in [5.41, 5.74) is 2.57. The van der Waals surface area contributed by atoms with Gasteiger partial charge in [0, 0.05) is 25.2 Å². The molecule has 6 heteroatoms. The average molecular weight is 338 g/mol. The van der Waals surface area contributed by atoms with Gasteiger partial charge in [-0.3, -0.25) is 9.58 Å². The summed E-state index contributed by atoms with van der Waals surface area (Å²) >= 11 is 6.40. The van der Waals surface area contributed by atoms with Gasteiger partial charge in [-0.25, -0.2) is 4.39 Å². The largest absolute Gasteiger partial charge is 0.387 e. The van der Waals surface area contributed by atoms with Gasteiger partial charge in [-0.15, -0.1) is 0 Å². The van der Waals surface area contributed by atoms with Crippen molar-refractivity contribution in [1.29, 1.82) is 0 Å². The summed E-state index contributed by atoms with van der Waals surface area (Å²) in [6.07, 6.45) is 1.31. The predicted molar refractivity (Wildman–Crippen MR) is 87.9 cm³/mol. The van der Waals surface area contributed by atoms with Crippen LogP contribution in [0.2, 0.25) is 5.15 Å². The maximum Gasteiger partial charge on any atom is 0.131 e. The smallest absolute Gasteiger partial charge is 0.131 e. The number of hydrogen-bond acceptors (Lipinski definition) is 3. The number of benzene rings is 1. The van der Waals surface area contributed by atoms with Crippen LogP contribution in [0.25, 0.3) is 0 Å². The minimum absolute atomic E-state index is 0.152. The van der Waals surface area contributed by atoms with E-state index in [1.807, 2.05) is 14.0 Å². The number of aliphatic hydroxyl groups is 1. The number of likely N-dealkylation sites (tertiary alicyclic amines) is 1. The van der Waals surface area contributed by atoms with E-state index in [2.05, 4.69) is 10.00 Å². The first-order valence-electron chi connectivity index (χ1n) is 7.84. The van der Waals surface area contributed by atoms with Gasteiger partial charge in [0.25, 0.3) is 0 Å². The normalized spacial score (nSPS) is 20.1. The van der Waals surface area contributed by atoms with Crippen LogP contribution in [0.3, 0.4) is 0 Å². The molecule has 3 rings (SSSR count). The first kappa shape index (κ1) is 16.4. The van der Waals surface area contributed by atoms with Crippen LogP contribution in [0.1, 0.15) is 41.8 Å². The Labute approximate surface area is 140 Å². The number of β-amino-alcohol motifs (C(OH)–C–C–N with tert-alkyl or cyclic N) is 1. The number of hydrogen-bond donors (Lipinski definition) is 1. The molecule has 2 aromatic rings. The lowest BCUT2D eigenvalue weighted by molar-refractivity contribution is 0.106. The minimum Gasteiger partial charge on any atom is -0.387 e. The quantitative estimate of drug-likeness (QED) is 0.929. The number of aryl methyl sites for hydroxylation is 2. The second-order valence-electron chi connectivity index (χ2n) is 6.14. The molecule has 1 N–H and O–H groups in total. The fraction of sp³-hybridized carbons (Fsp3) is 0.471. The van der Waals surface area contributed by atoms with Crippen LogP contribution < -0.4 is 0 Å². The lowest BCUT2D eigenvalue weighted by Gasteiger charge is -2.27. The molecule has 0 amide bonds. The van der Waals surface area contributed by atoms with E-state index in [0.717, 1.165) is 30.6 Å². The second-order valence-corrected chi connectivity index (χ2v) is 6.50. The topological polar surface area (TPSA) is 41.3 Å². The first-order chi connectivity index (χ1) is 11.0. The van der Waals surface area contributed by atoms with E-state index < -0.39 is 6.10 Å². The lowest BCUT2D eigenvalue weighted by atomic mass is 10.0. The van der Waals surface area contributed by atoms with Crippen molar-refractivity contribution in [3.05, 3.63) is 52.1 Å². The standard InChI is InChI=1S/C17H21ClFN3O/c1-11-16(17(18)21(2)20-11)14-7-4-8-22(14)10-15(23)12-5-3-6-13(19)9-12/h3,5-6,9,14-15,23H,4,7-8,10H2,1-2H3/t14-,15+/m0/s1. The third-order valence-electron chi connectivity index (χ3n) is 4.53. The van der Waals surface area contributed by atoms with Crippen LogP contribution in [0, 0.1) is 12.7 Å². The summed E-state index contributed by atoms with van der Waals surface area (Å²) in [5, 5.41) is 15.5. The van der Waals surface area contributed by atoms with Crippen LogP contribution in [0.5, 0.6) is 0 Å². The van der Waals surface area contributed by atoms with Gasteiger partial charge < -0.3 is 5.11 Å². The van der Waals surface area contributed by atoms with Crippen molar-refractivity contribution >= 4 is 11.6 Å².